The minimum Gasteiger partial charge on any atom is -0.444 e. The van der Waals surface area contributed by atoms with E-state index in [4.69, 9.17) is 4.74 Å². The molecule has 0 aliphatic carbocycles. The Kier molecular flexibility index (Phi) is 7.37. The second-order valence-corrected chi connectivity index (χ2v) is 6.87. The zero-order valence-electron chi connectivity index (χ0n) is 14.4. The molecule has 2 aliphatic rings. The van der Waals surface area contributed by atoms with Gasteiger partial charge >= 0.3 is 6.09 Å². The summed E-state index contributed by atoms with van der Waals surface area (Å²) in [5.41, 5.74) is -0.470. The number of guanidine groups is 1. The summed E-state index contributed by atoms with van der Waals surface area (Å²) in [5, 5.41) is 12.6. The molecule has 2 heterocycles. The predicted octanol–water partition coefficient (Wildman–Crippen LogP) is 1.26. The van der Waals surface area contributed by atoms with Crippen molar-refractivity contribution in [2.75, 3.05) is 32.8 Å². The third-order valence-corrected chi connectivity index (χ3v) is 3.90. The quantitative estimate of drug-likeness (QED) is 0.647. The molecule has 1 unspecified atom stereocenters. The van der Waals surface area contributed by atoms with E-state index in [1.54, 1.807) is 4.90 Å². The highest BCUT2D eigenvalue weighted by Crippen LogP contribution is 2.18. The highest BCUT2D eigenvalue weighted by atomic mass is 127. The smallest absolute Gasteiger partial charge is 0.410 e. The van der Waals surface area contributed by atoms with Gasteiger partial charge < -0.3 is 25.0 Å². The molecule has 0 saturated carbocycles. The fourth-order valence-electron chi connectivity index (χ4n) is 2.65. The lowest BCUT2D eigenvalue weighted by Crippen LogP contribution is -2.58. The first-order valence-corrected chi connectivity index (χ1v) is 8.00. The number of nitrogens with zero attached hydrogens (tertiary/aromatic N) is 3. The van der Waals surface area contributed by atoms with E-state index in [-0.39, 0.29) is 48.8 Å². The largest absolute Gasteiger partial charge is 0.444 e. The zero-order chi connectivity index (χ0) is 16.3. The van der Waals surface area contributed by atoms with Gasteiger partial charge in [-0.05, 0) is 27.2 Å². The minimum atomic E-state index is -0.470. The van der Waals surface area contributed by atoms with E-state index >= 15 is 0 Å². The van der Waals surface area contributed by atoms with Crippen molar-refractivity contribution in [2.45, 2.75) is 51.8 Å². The molecule has 134 valence electrons. The SMILES string of the molecule is CC[C@H](CO)NC1=NCC2CN(C(=O)OC(C)(C)C)CCN12.I. The van der Waals surface area contributed by atoms with E-state index < -0.39 is 5.60 Å². The summed E-state index contributed by atoms with van der Waals surface area (Å²) in [6.07, 6.45) is 0.591. The normalized spacial score (nSPS) is 22.0. The first-order chi connectivity index (χ1) is 10.3. The van der Waals surface area contributed by atoms with Crippen LogP contribution in [-0.2, 0) is 4.74 Å². The maximum atomic E-state index is 12.2. The van der Waals surface area contributed by atoms with Gasteiger partial charge in [0.15, 0.2) is 5.96 Å². The summed E-state index contributed by atoms with van der Waals surface area (Å²) < 4.78 is 5.43. The number of carbonyl (C=O) groups is 1. The van der Waals surface area contributed by atoms with Crippen molar-refractivity contribution in [3.63, 3.8) is 0 Å². The molecular weight excluding hydrogens is 411 g/mol. The Bertz CT molecular complexity index is 435. The van der Waals surface area contributed by atoms with Crippen LogP contribution in [0.4, 0.5) is 4.79 Å². The lowest BCUT2D eigenvalue weighted by atomic mass is 10.2. The van der Waals surface area contributed by atoms with E-state index in [2.05, 4.69) is 15.2 Å². The van der Waals surface area contributed by atoms with Gasteiger partial charge in [-0.1, -0.05) is 6.92 Å². The van der Waals surface area contributed by atoms with Gasteiger partial charge in [-0.2, -0.15) is 0 Å². The van der Waals surface area contributed by atoms with Crippen LogP contribution < -0.4 is 5.32 Å². The number of carbonyl (C=O) groups excluding carboxylic acids is 1. The Labute approximate surface area is 155 Å². The molecule has 2 rings (SSSR count). The fraction of sp³-hybridized carbons (Fsp3) is 0.867. The maximum absolute atomic E-state index is 12.2. The molecule has 8 heteroatoms. The maximum Gasteiger partial charge on any atom is 0.410 e. The van der Waals surface area contributed by atoms with Crippen molar-refractivity contribution in [1.29, 1.82) is 0 Å². The molecule has 1 fully saturated rings. The average molecular weight is 440 g/mol. The Balaban J connectivity index is 0.00000264. The van der Waals surface area contributed by atoms with Crippen molar-refractivity contribution in [3.8, 4) is 0 Å². The number of halogens is 1. The Morgan fingerprint density at radius 3 is 2.74 bits per heavy atom. The van der Waals surface area contributed by atoms with Crippen LogP contribution in [0, 0.1) is 0 Å². The van der Waals surface area contributed by atoms with Crippen molar-refractivity contribution >= 4 is 36.0 Å². The molecule has 0 radical (unpaired) electrons. The molecule has 2 atom stereocenters. The highest BCUT2D eigenvalue weighted by Gasteiger charge is 2.36. The molecule has 2 aliphatic heterocycles. The summed E-state index contributed by atoms with van der Waals surface area (Å²) in [5.74, 6) is 0.842. The minimum absolute atomic E-state index is 0. The van der Waals surface area contributed by atoms with Crippen LogP contribution in [0.3, 0.4) is 0 Å². The van der Waals surface area contributed by atoms with Crippen LogP contribution in [0.5, 0.6) is 0 Å². The molecule has 0 aromatic heterocycles. The molecule has 0 aromatic rings. The molecular formula is C15H29IN4O3. The number of piperazine rings is 1. The third-order valence-electron chi connectivity index (χ3n) is 3.90. The van der Waals surface area contributed by atoms with Crippen molar-refractivity contribution in [3.05, 3.63) is 0 Å². The lowest BCUT2D eigenvalue weighted by Gasteiger charge is -2.39. The molecule has 1 amide bonds. The second kappa shape index (κ2) is 8.36. The monoisotopic (exact) mass is 440 g/mol. The average Bonchev–Trinajstić information content (AvgIpc) is 2.85. The summed E-state index contributed by atoms with van der Waals surface area (Å²) >= 11 is 0. The molecule has 0 bridgehead atoms. The summed E-state index contributed by atoms with van der Waals surface area (Å²) in [6, 6.07) is 0.223. The Morgan fingerprint density at radius 2 is 2.17 bits per heavy atom. The second-order valence-electron chi connectivity index (χ2n) is 6.87. The van der Waals surface area contributed by atoms with Gasteiger partial charge in [0.1, 0.15) is 5.60 Å². The molecule has 7 nitrogen and oxygen atoms in total. The van der Waals surface area contributed by atoms with Crippen molar-refractivity contribution in [2.24, 2.45) is 4.99 Å². The van der Waals surface area contributed by atoms with E-state index in [0.717, 1.165) is 18.9 Å². The van der Waals surface area contributed by atoms with Crippen LogP contribution in [0.25, 0.3) is 0 Å². The lowest BCUT2D eigenvalue weighted by molar-refractivity contribution is 0.0137. The molecule has 23 heavy (non-hydrogen) atoms. The van der Waals surface area contributed by atoms with Gasteiger partial charge in [-0.15, -0.1) is 24.0 Å². The first-order valence-electron chi connectivity index (χ1n) is 8.00. The third kappa shape index (κ3) is 5.37. The number of nitrogens with one attached hydrogen (secondary N) is 1. The van der Waals surface area contributed by atoms with Gasteiger partial charge in [-0.25, -0.2) is 4.79 Å². The van der Waals surface area contributed by atoms with Crippen LogP contribution in [-0.4, -0.2) is 77.4 Å². The van der Waals surface area contributed by atoms with Crippen molar-refractivity contribution < 1.29 is 14.6 Å². The summed E-state index contributed by atoms with van der Waals surface area (Å²) in [6.45, 7) is 10.4. The predicted molar refractivity (Wildman–Crippen MR) is 100 cm³/mol. The number of aliphatic imine (C=N–C) groups is 1. The highest BCUT2D eigenvalue weighted by molar-refractivity contribution is 14.0. The number of hydrogen-bond donors (Lipinski definition) is 2. The van der Waals surface area contributed by atoms with Gasteiger partial charge in [0.25, 0.3) is 0 Å². The van der Waals surface area contributed by atoms with Gasteiger partial charge in [0, 0.05) is 19.6 Å². The Hall–Kier alpha value is -0.770. The molecule has 2 N–H and O–H groups in total. The number of aliphatic hydroxyl groups excluding tert-OH is 1. The van der Waals surface area contributed by atoms with Gasteiger partial charge in [-0.3, -0.25) is 4.99 Å². The topological polar surface area (TPSA) is 77.4 Å². The van der Waals surface area contributed by atoms with Crippen molar-refractivity contribution in [1.82, 2.24) is 15.1 Å². The molecule has 1 saturated heterocycles. The molecule has 0 spiro atoms. The Morgan fingerprint density at radius 1 is 1.48 bits per heavy atom. The zero-order valence-corrected chi connectivity index (χ0v) is 16.7. The van der Waals surface area contributed by atoms with Crippen LogP contribution >= 0.6 is 24.0 Å². The van der Waals surface area contributed by atoms with E-state index in [0.29, 0.717) is 19.6 Å². The first kappa shape index (κ1) is 20.3. The van der Waals surface area contributed by atoms with E-state index in [1.807, 2.05) is 27.7 Å². The fourth-order valence-corrected chi connectivity index (χ4v) is 2.65. The van der Waals surface area contributed by atoms with Crippen LogP contribution in [0.15, 0.2) is 4.99 Å². The number of hydrogen-bond acceptors (Lipinski definition) is 6. The van der Waals surface area contributed by atoms with E-state index in [9.17, 15) is 9.90 Å². The van der Waals surface area contributed by atoms with Crippen LogP contribution in [0.2, 0.25) is 0 Å². The summed E-state index contributed by atoms with van der Waals surface area (Å²) in [4.78, 5) is 20.6. The summed E-state index contributed by atoms with van der Waals surface area (Å²) in [7, 11) is 0. The number of rotatable bonds is 3. The number of aliphatic hydroxyl groups is 1. The molecule has 0 aromatic carbocycles. The number of fused-ring (bicyclic) bond motifs is 1. The number of amides is 1. The van der Waals surface area contributed by atoms with Gasteiger partial charge in [0.2, 0.25) is 0 Å². The number of ether oxygens (including phenoxy) is 1. The van der Waals surface area contributed by atoms with Gasteiger partial charge in [0.05, 0.1) is 25.2 Å². The van der Waals surface area contributed by atoms with Crippen LogP contribution in [0.1, 0.15) is 34.1 Å². The standard InChI is InChI=1S/C15H28N4O3.HI/c1-5-11(10-20)17-13-16-8-12-9-18(6-7-19(12)13)14(21)22-15(2,3)4;/h11-12,20H,5-10H2,1-4H3,(H,16,17);1H/t11-,12?;/m1./s1. The van der Waals surface area contributed by atoms with E-state index in [1.165, 1.54) is 0 Å².